The van der Waals surface area contributed by atoms with E-state index in [1.807, 2.05) is 0 Å². The summed E-state index contributed by atoms with van der Waals surface area (Å²) in [7, 11) is 5.03. The van der Waals surface area contributed by atoms with Crippen LogP contribution in [0, 0.1) is 16.0 Å². The van der Waals surface area contributed by atoms with Crippen molar-refractivity contribution in [1.82, 2.24) is 10.3 Å². The molecule has 2 aliphatic heterocycles. The second kappa shape index (κ2) is 6.04. The summed E-state index contributed by atoms with van der Waals surface area (Å²) in [6.07, 6.45) is 0.908. The van der Waals surface area contributed by atoms with E-state index in [0.29, 0.717) is 5.75 Å². The molecule has 1 saturated heterocycles. The highest BCUT2D eigenvalue weighted by Crippen LogP contribution is 2.42. The second-order valence-electron chi connectivity index (χ2n) is 5.85. The number of hydrogen-bond acceptors (Lipinski definition) is 7. The molecule has 2 aliphatic rings. The smallest absolute Gasteiger partial charge is 0.311 e. The number of ether oxygens (including phenoxy) is 2. The van der Waals surface area contributed by atoms with Gasteiger partial charge in [-0.05, 0) is 7.05 Å². The van der Waals surface area contributed by atoms with Crippen LogP contribution in [0.3, 0.4) is 0 Å². The van der Waals surface area contributed by atoms with Gasteiger partial charge in [0.2, 0.25) is 5.75 Å². The van der Waals surface area contributed by atoms with Crippen LogP contribution in [0.2, 0.25) is 0 Å². The van der Waals surface area contributed by atoms with Gasteiger partial charge in [-0.2, -0.15) is 5.10 Å². The summed E-state index contributed by atoms with van der Waals surface area (Å²) in [5.41, 5.74) is 4.92. The Kier molecular flexibility index (Phi) is 4.08. The predicted molar refractivity (Wildman–Crippen MR) is 85.1 cm³/mol. The molecule has 2 atom stereocenters. The van der Waals surface area contributed by atoms with Gasteiger partial charge in [0, 0.05) is 48.8 Å². The van der Waals surface area contributed by atoms with Crippen LogP contribution in [-0.2, 0) is 0 Å². The highest BCUT2D eigenvalue weighted by molar-refractivity contribution is 5.90. The van der Waals surface area contributed by atoms with Crippen molar-refractivity contribution in [3.05, 3.63) is 27.8 Å². The van der Waals surface area contributed by atoms with Gasteiger partial charge in [0.05, 0.1) is 25.2 Å². The van der Waals surface area contributed by atoms with Gasteiger partial charge in [-0.25, -0.2) is 0 Å². The summed E-state index contributed by atoms with van der Waals surface area (Å²) in [6, 6.07) is 2.97. The zero-order chi connectivity index (χ0) is 16.6. The zero-order valence-corrected chi connectivity index (χ0v) is 13.4. The van der Waals surface area contributed by atoms with Gasteiger partial charge in [-0.15, -0.1) is 0 Å². The van der Waals surface area contributed by atoms with Gasteiger partial charge in [-0.1, -0.05) is 0 Å². The number of piperidine rings is 1. The minimum absolute atomic E-state index is 0.0669. The Morgan fingerprint density at radius 3 is 2.74 bits per heavy atom. The molecule has 124 valence electrons. The van der Waals surface area contributed by atoms with E-state index in [4.69, 9.17) is 9.47 Å². The third kappa shape index (κ3) is 2.70. The largest absolute Gasteiger partial charge is 0.496 e. The first-order valence-electron chi connectivity index (χ1n) is 7.46. The summed E-state index contributed by atoms with van der Waals surface area (Å²) in [5, 5.41) is 15.7. The van der Waals surface area contributed by atoms with Gasteiger partial charge in [0.15, 0.2) is 0 Å². The maximum Gasteiger partial charge on any atom is 0.311 e. The molecular formula is C15H20N4O4. The fraction of sp³-hybridized carbons (Fsp3) is 0.533. The van der Waals surface area contributed by atoms with Crippen molar-refractivity contribution in [3.8, 4) is 11.5 Å². The van der Waals surface area contributed by atoms with Crippen molar-refractivity contribution in [2.24, 2.45) is 11.0 Å². The molecule has 1 aromatic carbocycles. The SMILES string of the molecule is COc1cc(OC)c([N+](=O)[O-])cc1C1NN=C2CCN(C)CC21. The van der Waals surface area contributed by atoms with Crippen molar-refractivity contribution in [1.29, 1.82) is 0 Å². The quantitative estimate of drug-likeness (QED) is 0.669. The Balaban J connectivity index is 2.02. The summed E-state index contributed by atoms with van der Waals surface area (Å²) in [5.74, 6) is 0.945. The van der Waals surface area contributed by atoms with Gasteiger partial charge >= 0.3 is 5.69 Å². The molecular weight excluding hydrogens is 300 g/mol. The van der Waals surface area contributed by atoms with Gasteiger partial charge < -0.3 is 19.8 Å². The van der Waals surface area contributed by atoms with Crippen molar-refractivity contribution in [3.63, 3.8) is 0 Å². The van der Waals surface area contributed by atoms with E-state index in [9.17, 15) is 10.1 Å². The zero-order valence-electron chi connectivity index (χ0n) is 13.4. The van der Waals surface area contributed by atoms with Crippen molar-refractivity contribution < 1.29 is 14.4 Å². The number of rotatable bonds is 4. The third-order valence-corrected chi connectivity index (χ3v) is 4.50. The lowest BCUT2D eigenvalue weighted by Gasteiger charge is -2.31. The van der Waals surface area contributed by atoms with Crippen LogP contribution in [-0.4, -0.2) is 49.9 Å². The molecule has 1 fully saturated rings. The van der Waals surface area contributed by atoms with Gasteiger partial charge in [0.25, 0.3) is 0 Å². The molecule has 0 saturated carbocycles. The number of nitro groups is 1. The van der Waals surface area contributed by atoms with Crippen LogP contribution in [0.1, 0.15) is 18.0 Å². The van der Waals surface area contributed by atoms with E-state index < -0.39 is 4.92 Å². The Morgan fingerprint density at radius 1 is 1.35 bits per heavy atom. The Hall–Kier alpha value is -2.35. The highest BCUT2D eigenvalue weighted by Gasteiger charge is 2.38. The van der Waals surface area contributed by atoms with Crippen LogP contribution >= 0.6 is 0 Å². The number of nitrogens with zero attached hydrogens (tertiary/aromatic N) is 3. The molecule has 0 bridgehead atoms. The summed E-state index contributed by atoms with van der Waals surface area (Å²) in [4.78, 5) is 13.1. The molecule has 8 heteroatoms. The molecule has 1 aromatic rings. The number of hydrogen-bond donors (Lipinski definition) is 1. The number of nitrogens with one attached hydrogen (secondary N) is 1. The summed E-state index contributed by atoms with van der Waals surface area (Å²) < 4.78 is 10.5. The predicted octanol–water partition coefficient (Wildman–Crippen LogP) is 1.56. The molecule has 3 rings (SSSR count). The van der Waals surface area contributed by atoms with Crippen LogP contribution in [0.25, 0.3) is 0 Å². The number of hydrazone groups is 1. The standard InChI is InChI=1S/C15H20N4O4/c1-18-5-4-11-10(8-18)15(17-16-11)9-6-12(19(20)21)14(23-3)7-13(9)22-2/h6-7,10,15,17H,4-5,8H2,1-3H3. The number of likely N-dealkylation sites (tertiary alicyclic amines) is 1. The van der Waals surface area contributed by atoms with Crippen LogP contribution in [0.5, 0.6) is 11.5 Å². The fourth-order valence-corrected chi connectivity index (χ4v) is 3.28. The molecule has 8 nitrogen and oxygen atoms in total. The molecule has 0 aromatic heterocycles. The maximum absolute atomic E-state index is 11.3. The Labute approximate surface area is 134 Å². The number of methoxy groups -OCH3 is 2. The van der Waals surface area contributed by atoms with E-state index in [0.717, 1.165) is 30.8 Å². The van der Waals surface area contributed by atoms with E-state index in [2.05, 4.69) is 22.5 Å². The van der Waals surface area contributed by atoms with E-state index >= 15 is 0 Å². The minimum atomic E-state index is -0.439. The van der Waals surface area contributed by atoms with Crippen LogP contribution < -0.4 is 14.9 Å². The van der Waals surface area contributed by atoms with Crippen LogP contribution in [0.4, 0.5) is 5.69 Å². The topological polar surface area (TPSA) is 89.2 Å². The Bertz CT molecular complexity index is 661. The molecule has 1 N–H and O–H groups in total. The molecule has 0 radical (unpaired) electrons. The van der Waals surface area contributed by atoms with Gasteiger partial charge in [0.1, 0.15) is 5.75 Å². The van der Waals surface area contributed by atoms with E-state index in [1.165, 1.54) is 13.2 Å². The average Bonchev–Trinajstić information content (AvgIpc) is 2.96. The molecule has 23 heavy (non-hydrogen) atoms. The van der Waals surface area contributed by atoms with Crippen molar-refractivity contribution in [2.75, 3.05) is 34.4 Å². The minimum Gasteiger partial charge on any atom is -0.496 e. The Morgan fingerprint density at radius 2 is 2.09 bits per heavy atom. The van der Waals surface area contributed by atoms with E-state index in [1.54, 1.807) is 13.2 Å². The fourth-order valence-electron chi connectivity index (χ4n) is 3.28. The first-order chi connectivity index (χ1) is 11.0. The average molecular weight is 320 g/mol. The maximum atomic E-state index is 11.3. The molecule has 0 spiro atoms. The number of nitro benzene ring substituents is 1. The summed E-state index contributed by atoms with van der Waals surface area (Å²) >= 11 is 0. The molecule has 0 amide bonds. The van der Waals surface area contributed by atoms with Crippen LogP contribution in [0.15, 0.2) is 17.2 Å². The molecule has 0 aliphatic carbocycles. The summed E-state index contributed by atoms with van der Waals surface area (Å²) in [6.45, 7) is 1.84. The second-order valence-corrected chi connectivity index (χ2v) is 5.85. The van der Waals surface area contributed by atoms with Crippen molar-refractivity contribution in [2.45, 2.75) is 12.5 Å². The molecule has 2 unspecified atom stereocenters. The first-order valence-corrected chi connectivity index (χ1v) is 7.46. The highest BCUT2D eigenvalue weighted by atomic mass is 16.6. The number of benzene rings is 1. The van der Waals surface area contributed by atoms with Gasteiger partial charge in [-0.3, -0.25) is 10.1 Å². The lowest BCUT2D eigenvalue weighted by molar-refractivity contribution is -0.385. The normalized spacial score (nSPS) is 23.7. The lowest BCUT2D eigenvalue weighted by Crippen LogP contribution is -2.39. The van der Waals surface area contributed by atoms with Crippen molar-refractivity contribution >= 4 is 11.4 Å². The van der Waals surface area contributed by atoms with E-state index in [-0.39, 0.29) is 23.4 Å². The lowest BCUT2D eigenvalue weighted by atomic mass is 9.86. The molecule has 2 heterocycles. The third-order valence-electron chi connectivity index (χ3n) is 4.50. The first kappa shape index (κ1) is 15.5. The monoisotopic (exact) mass is 320 g/mol. The number of fused-ring (bicyclic) bond motifs is 1.